The van der Waals surface area contributed by atoms with E-state index in [2.05, 4.69) is 29.4 Å². The molecule has 23 heavy (non-hydrogen) atoms. The lowest BCUT2D eigenvalue weighted by atomic mass is 10.0. The second-order valence-electron chi connectivity index (χ2n) is 5.86. The number of piperidine rings is 1. The molecule has 0 atom stereocenters. The number of aromatic nitrogens is 4. The molecule has 1 fully saturated rings. The van der Waals surface area contributed by atoms with Crippen LogP contribution in [0.2, 0.25) is 0 Å². The zero-order valence-corrected chi connectivity index (χ0v) is 14.1. The van der Waals surface area contributed by atoms with Gasteiger partial charge < -0.3 is 9.80 Å². The highest BCUT2D eigenvalue weighted by molar-refractivity contribution is 7.12. The first-order valence-electron chi connectivity index (χ1n) is 7.57. The van der Waals surface area contributed by atoms with Crippen LogP contribution in [0.3, 0.4) is 0 Å². The standard InChI is InChI=1S/C14H20N6O2S/c1-17(2)11-5-7-18(8-6-11)12(21)10-19-14(22)20(16-15-19)13-4-3-9-23-13/h3-4,9,11H,5-8,10H2,1-2H3. The SMILES string of the molecule is CN(C)C1CCN(C(=O)Cn2nnn(-c3cccs3)c2=O)CC1. The Hall–Kier alpha value is -2.00. The maximum Gasteiger partial charge on any atom is 0.369 e. The molecule has 3 heterocycles. The number of tetrazole rings is 1. The van der Waals surface area contributed by atoms with Gasteiger partial charge in [0.1, 0.15) is 11.5 Å². The predicted molar refractivity (Wildman–Crippen MR) is 86.8 cm³/mol. The number of nitrogens with zero attached hydrogens (tertiary/aromatic N) is 6. The zero-order chi connectivity index (χ0) is 16.4. The molecular formula is C14H20N6O2S. The van der Waals surface area contributed by atoms with Crippen molar-refractivity contribution < 1.29 is 4.79 Å². The van der Waals surface area contributed by atoms with Crippen LogP contribution in [0.25, 0.3) is 5.00 Å². The molecule has 0 N–H and O–H groups in total. The first kappa shape index (κ1) is 15.9. The minimum Gasteiger partial charge on any atom is -0.341 e. The van der Waals surface area contributed by atoms with Crippen LogP contribution >= 0.6 is 11.3 Å². The topological polar surface area (TPSA) is 76.3 Å². The van der Waals surface area contributed by atoms with Crippen LogP contribution in [0.15, 0.2) is 22.3 Å². The second kappa shape index (κ2) is 6.63. The van der Waals surface area contributed by atoms with E-state index in [0.717, 1.165) is 30.6 Å². The fourth-order valence-corrected chi connectivity index (χ4v) is 3.43. The van der Waals surface area contributed by atoms with E-state index in [1.54, 1.807) is 11.0 Å². The van der Waals surface area contributed by atoms with Crippen molar-refractivity contribution in [1.29, 1.82) is 0 Å². The molecule has 9 heteroatoms. The smallest absolute Gasteiger partial charge is 0.341 e. The van der Waals surface area contributed by atoms with Gasteiger partial charge in [0, 0.05) is 19.1 Å². The van der Waals surface area contributed by atoms with Crippen molar-refractivity contribution in [3.63, 3.8) is 0 Å². The third-order valence-electron chi connectivity index (χ3n) is 4.19. The van der Waals surface area contributed by atoms with Crippen molar-refractivity contribution in [2.24, 2.45) is 0 Å². The van der Waals surface area contributed by atoms with E-state index < -0.39 is 0 Å². The van der Waals surface area contributed by atoms with Gasteiger partial charge >= 0.3 is 5.69 Å². The molecule has 1 aliphatic heterocycles. The summed E-state index contributed by atoms with van der Waals surface area (Å²) in [7, 11) is 4.12. The van der Waals surface area contributed by atoms with Crippen molar-refractivity contribution in [2.75, 3.05) is 27.2 Å². The molecule has 0 spiro atoms. The van der Waals surface area contributed by atoms with Crippen LogP contribution < -0.4 is 5.69 Å². The Morgan fingerprint density at radius 3 is 2.70 bits per heavy atom. The van der Waals surface area contributed by atoms with Crippen molar-refractivity contribution in [1.82, 2.24) is 29.6 Å². The third-order valence-corrected chi connectivity index (χ3v) is 5.03. The number of likely N-dealkylation sites (tertiary alicyclic amines) is 1. The van der Waals surface area contributed by atoms with Gasteiger partial charge in [-0.15, -0.1) is 11.3 Å². The predicted octanol–water partition coefficient (Wildman–Crippen LogP) is 0.0431. The molecule has 0 unspecified atom stereocenters. The quantitative estimate of drug-likeness (QED) is 0.788. The number of rotatable bonds is 4. The molecule has 1 aliphatic rings. The Kier molecular flexibility index (Phi) is 4.58. The Morgan fingerprint density at radius 1 is 1.35 bits per heavy atom. The fourth-order valence-electron chi connectivity index (χ4n) is 2.76. The molecule has 124 valence electrons. The maximum absolute atomic E-state index is 12.4. The first-order chi connectivity index (χ1) is 11.1. The van der Waals surface area contributed by atoms with Gasteiger partial charge in [-0.05, 0) is 54.9 Å². The molecule has 0 aromatic carbocycles. The Morgan fingerprint density at radius 2 is 2.09 bits per heavy atom. The molecule has 0 bridgehead atoms. The minimum absolute atomic E-state index is 0.0587. The van der Waals surface area contributed by atoms with Gasteiger partial charge in [0.2, 0.25) is 5.91 Å². The van der Waals surface area contributed by atoms with Gasteiger partial charge in [-0.3, -0.25) is 4.79 Å². The molecule has 0 radical (unpaired) electrons. The average Bonchev–Trinajstić information content (AvgIpc) is 3.18. The molecule has 1 saturated heterocycles. The van der Waals surface area contributed by atoms with E-state index in [1.807, 2.05) is 11.4 Å². The molecule has 1 amide bonds. The first-order valence-corrected chi connectivity index (χ1v) is 8.45. The molecule has 2 aromatic rings. The van der Waals surface area contributed by atoms with E-state index in [9.17, 15) is 9.59 Å². The third kappa shape index (κ3) is 3.35. The second-order valence-corrected chi connectivity index (χ2v) is 6.78. The zero-order valence-electron chi connectivity index (χ0n) is 13.3. The van der Waals surface area contributed by atoms with Crippen LogP contribution in [0.1, 0.15) is 12.8 Å². The monoisotopic (exact) mass is 336 g/mol. The van der Waals surface area contributed by atoms with E-state index in [0.29, 0.717) is 11.0 Å². The molecule has 2 aromatic heterocycles. The Balaban J connectivity index is 1.64. The molecule has 8 nitrogen and oxygen atoms in total. The van der Waals surface area contributed by atoms with E-state index >= 15 is 0 Å². The number of carbonyl (C=O) groups is 1. The lowest BCUT2D eigenvalue weighted by molar-refractivity contribution is -0.133. The summed E-state index contributed by atoms with van der Waals surface area (Å²) in [5, 5.41) is 10.2. The molecule has 3 rings (SSSR count). The number of hydrogen-bond acceptors (Lipinski definition) is 6. The highest BCUT2D eigenvalue weighted by Crippen LogP contribution is 2.14. The summed E-state index contributed by atoms with van der Waals surface area (Å²) in [6.07, 6.45) is 1.91. The number of amides is 1. The van der Waals surface area contributed by atoms with E-state index in [-0.39, 0.29) is 18.1 Å². The lowest BCUT2D eigenvalue weighted by Crippen LogP contribution is -2.46. The van der Waals surface area contributed by atoms with E-state index in [4.69, 9.17) is 0 Å². The summed E-state index contributed by atoms with van der Waals surface area (Å²) in [6, 6.07) is 4.14. The summed E-state index contributed by atoms with van der Waals surface area (Å²) >= 11 is 1.40. The van der Waals surface area contributed by atoms with Crippen molar-refractivity contribution in [3.05, 3.63) is 28.0 Å². The summed E-state index contributed by atoms with van der Waals surface area (Å²) in [4.78, 5) is 28.6. The van der Waals surface area contributed by atoms with E-state index in [1.165, 1.54) is 16.0 Å². The van der Waals surface area contributed by atoms with Crippen LogP contribution in [0.4, 0.5) is 0 Å². The highest BCUT2D eigenvalue weighted by atomic mass is 32.1. The summed E-state index contributed by atoms with van der Waals surface area (Å²) in [5.74, 6) is -0.0810. The Bertz CT molecular complexity index is 712. The van der Waals surface area contributed by atoms with Crippen molar-refractivity contribution >= 4 is 17.2 Å². The van der Waals surface area contributed by atoms with Gasteiger partial charge in [-0.25, -0.2) is 4.79 Å². The van der Waals surface area contributed by atoms with Crippen molar-refractivity contribution in [3.8, 4) is 5.00 Å². The number of hydrogen-bond donors (Lipinski definition) is 0. The molecule has 0 saturated carbocycles. The van der Waals surface area contributed by atoms with Crippen LogP contribution in [0, 0.1) is 0 Å². The number of carbonyl (C=O) groups excluding carboxylic acids is 1. The fraction of sp³-hybridized carbons (Fsp3) is 0.571. The molecular weight excluding hydrogens is 316 g/mol. The largest absolute Gasteiger partial charge is 0.369 e. The normalized spacial score (nSPS) is 16.2. The minimum atomic E-state index is -0.385. The summed E-state index contributed by atoms with van der Waals surface area (Å²) in [6.45, 7) is 1.38. The average molecular weight is 336 g/mol. The van der Waals surface area contributed by atoms with Gasteiger partial charge in [-0.2, -0.15) is 9.36 Å². The van der Waals surface area contributed by atoms with Crippen LogP contribution in [-0.4, -0.2) is 68.7 Å². The lowest BCUT2D eigenvalue weighted by Gasteiger charge is -2.35. The number of thiophene rings is 1. The van der Waals surface area contributed by atoms with Crippen molar-refractivity contribution in [2.45, 2.75) is 25.4 Å². The van der Waals surface area contributed by atoms with Gasteiger partial charge in [0.15, 0.2) is 0 Å². The summed E-state index contributed by atoms with van der Waals surface area (Å²) < 4.78 is 2.34. The van der Waals surface area contributed by atoms with Gasteiger partial charge in [0.05, 0.1) is 0 Å². The van der Waals surface area contributed by atoms with Gasteiger partial charge in [0.25, 0.3) is 0 Å². The van der Waals surface area contributed by atoms with Crippen LogP contribution in [-0.2, 0) is 11.3 Å². The highest BCUT2D eigenvalue weighted by Gasteiger charge is 2.24. The van der Waals surface area contributed by atoms with Crippen LogP contribution in [0.5, 0.6) is 0 Å². The van der Waals surface area contributed by atoms with Gasteiger partial charge in [-0.1, -0.05) is 0 Å². The Labute approximate surface area is 137 Å². The molecule has 0 aliphatic carbocycles. The summed E-state index contributed by atoms with van der Waals surface area (Å²) in [5.41, 5.74) is -0.385. The maximum atomic E-state index is 12.4.